The fourth-order valence-corrected chi connectivity index (χ4v) is 2.96. The molecule has 1 aromatic rings. The SMILES string of the molecule is CC(C)[C@H]1CN(CC(N)=O)CCC(=O)N1Cc1ccc(F)cc1. The first-order valence-corrected chi connectivity index (χ1v) is 7.91. The van der Waals surface area contributed by atoms with Gasteiger partial charge >= 0.3 is 0 Å². The van der Waals surface area contributed by atoms with Crippen LogP contribution in [-0.2, 0) is 16.1 Å². The first-order valence-electron chi connectivity index (χ1n) is 7.91. The predicted octanol–water partition coefficient (Wildman–Crippen LogP) is 1.37. The van der Waals surface area contributed by atoms with Crippen molar-refractivity contribution in [3.63, 3.8) is 0 Å². The molecule has 2 N–H and O–H groups in total. The molecule has 1 aliphatic rings. The van der Waals surface area contributed by atoms with Crippen molar-refractivity contribution in [2.24, 2.45) is 11.7 Å². The van der Waals surface area contributed by atoms with Gasteiger partial charge in [-0.25, -0.2) is 4.39 Å². The molecule has 1 atom stereocenters. The number of hydrogen-bond donors (Lipinski definition) is 1. The summed E-state index contributed by atoms with van der Waals surface area (Å²) in [5.41, 5.74) is 6.19. The van der Waals surface area contributed by atoms with E-state index in [1.807, 2.05) is 9.80 Å². The average molecular weight is 321 g/mol. The summed E-state index contributed by atoms with van der Waals surface area (Å²) in [4.78, 5) is 27.5. The summed E-state index contributed by atoms with van der Waals surface area (Å²) in [7, 11) is 0. The second-order valence-electron chi connectivity index (χ2n) is 6.41. The van der Waals surface area contributed by atoms with Gasteiger partial charge in [0.05, 0.1) is 6.54 Å². The molecule has 2 amide bonds. The molecule has 0 aromatic heterocycles. The number of carbonyl (C=O) groups excluding carboxylic acids is 2. The van der Waals surface area contributed by atoms with Gasteiger partial charge in [-0.3, -0.25) is 14.5 Å². The fraction of sp³-hybridized carbons (Fsp3) is 0.529. The third kappa shape index (κ3) is 4.76. The zero-order chi connectivity index (χ0) is 17.0. The molecule has 1 saturated heterocycles. The lowest BCUT2D eigenvalue weighted by molar-refractivity contribution is -0.134. The van der Waals surface area contributed by atoms with E-state index in [1.165, 1.54) is 12.1 Å². The van der Waals surface area contributed by atoms with Crippen LogP contribution in [0, 0.1) is 11.7 Å². The molecule has 0 spiro atoms. The van der Waals surface area contributed by atoms with E-state index >= 15 is 0 Å². The van der Waals surface area contributed by atoms with Crippen molar-refractivity contribution in [3.05, 3.63) is 35.6 Å². The van der Waals surface area contributed by atoms with Crippen LogP contribution in [0.1, 0.15) is 25.8 Å². The number of halogens is 1. The van der Waals surface area contributed by atoms with Crippen molar-refractivity contribution in [1.82, 2.24) is 9.80 Å². The first-order chi connectivity index (χ1) is 10.9. The molecule has 1 fully saturated rings. The number of carbonyl (C=O) groups is 2. The van der Waals surface area contributed by atoms with Crippen LogP contribution in [0.3, 0.4) is 0 Å². The second-order valence-corrected chi connectivity index (χ2v) is 6.41. The van der Waals surface area contributed by atoms with Gasteiger partial charge in [0.1, 0.15) is 5.82 Å². The van der Waals surface area contributed by atoms with Gasteiger partial charge in [0.15, 0.2) is 0 Å². The lowest BCUT2D eigenvalue weighted by Crippen LogP contribution is -2.47. The molecule has 1 aromatic carbocycles. The Morgan fingerprint density at radius 3 is 2.57 bits per heavy atom. The largest absolute Gasteiger partial charge is 0.369 e. The van der Waals surface area contributed by atoms with Gasteiger partial charge < -0.3 is 10.6 Å². The fourth-order valence-electron chi connectivity index (χ4n) is 2.96. The minimum atomic E-state index is -0.382. The minimum absolute atomic E-state index is 0.00518. The number of nitrogens with two attached hydrogens (primary N) is 1. The van der Waals surface area contributed by atoms with Crippen LogP contribution in [0.2, 0.25) is 0 Å². The zero-order valence-electron chi connectivity index (χ0n) is 13.7. The third-order valence-corrected chi connectivity index (χ3v) is 4.22. The minimum Gasteiger partial charge on any atom is -0.369 e. The molecule has 0 aliphatic carbocycles. The highest BCUT2D eigenvalue weighted by atomic mass is 19.1. The number of hydrogen-bond acceptors (Lipinski definition) is 3. The first kappa shape index (κ1) is 17.4. The van der Waals surface area contributed by atoms with Crippen LogP contribution < -0.4 is 5.73 Å². The van der Waals surface area contributed by atoms with Gasteiger partial charge in [-0.15, -0.1) is 0 Å². The van der Waals surface area contributed by atoms with Gasteiger partial charge in [0, 0.05) is 32.1 Å². The Labute approximate surface area is 136 Å². The summed E-state index contributed by atoms with van der Waals surface area (Å²) >= 11 is 0. The van der Waals surface area contributed by atoms with Crippen LogP contribution in [0.4, 0.5) is 4.39 Å². The molecule has 6 heteroatoms. The zero-order valence-corrected chi connectivity index (χ0v) is 13.7. The second kappa shape index (κ2) is 7.55. The number of benzene rings is 1. The number of rotatable bonds is 5. The van der Waals surface area contributed by atoms with Gasteiger partial charge in [0.2, 0.25) is 11.8 Å². The lowest BCUT2D eigenvalue weighted by atomic mass is 10.0. The van der Waals surface area contributed by atoms with E-state index in [4.69, 9.17) is 5.73 Å². The molecule has 0 saturated carbocycles. The summed E-state index contributed by atoms with van der Waals surface area (Å²) in [5, 5.41) is 0. The van der Waals surface area contributed by atoms with Crippen LogP contribution in [0.25, 0.3) is 0 Å². The van der Waals surface area contributed by atoms with Crippen LogP contribution >= 0.6 is 0 Å². The summed E-state index contributed by atoms with van der Waals surface area (Å²) < 4.78 is 13.1. The Hall–Kier alpha value is -1.95. The smallest absolute Gasteiger partial charge is 0.231 e. The molecular weight excluding hydrogens is 297 g/mol. The molecule has 23 heavy (non-hydrogen) atoms. The third-order valence-electron chi connectivity index (χ3n) is 4.22. The van der Waals surface area contributed by atoms with Crippen molar-refractivity contribution in [3.8, 4) is 0 Å². The Kier molecular flexibility index (Phi) is 5.71. The Morgan fingerprint density at radius 1 is 1.35 bits per heavy atom. The molecule has 0 radical (unpaired) electrons. The van der Waals surface area contributed by atoms with Gasteiger partial charge in [-0.2, -0.15) is 0 Å². The van der Waals surface area contributed by atoms with Crippen LogP contribution in [0.5, 0.6) is 0 Å². The van der Waals surface area contributed by atoms with Crippen LogP contribution in [0.15, 0.2) is 24.3 Å². The molecule has 1 aliphatic heterocycles. The van der Waals surface area contributed by atoms with Crippen molar-refractivity contribution < 1.29 is 14.0 Å². The van der Waals surface area contributed by atoms with E-state index in [0.29, 0.717) is 26.1 Å². The van der Waals surface area contributed by atoms with E-state index in [-0.39, 0.29) is 36.1 Å². The van der Waals surface area contributed by atoms with E-state index in [1.54, 1.807) is 12.1 Å². The summed E-state index contributed by atoms with van der Waals surface area (Å²) in [5.74, 6) is -0.371. The van der Waals surface area contributed by atoms with Crippen LogP contribution in [-0.4, -0.2) is 47.3 Å². The molecule has 1 heterocycles. The predicted molar refractivity (Wildman–Crippen MR) is 85.8 cm³/mol. The molecule has 2 rings (SSSR count). The lowest BCUT2D eigenvalue weighted by Gasteiger charge is -2.34. The van der Waals surface area contributed by atoms with E-state index in [0.717, 1.165) is 5.56 Å². The molecule has 5 nitrogen and oxygen atoms in total. The highest BCUT2D eigenvalue weighted by molar-refractivity contribution is 5.78. The Morgan fingerprint density at radius 2 is 2.00 bits per heavy atom. The van der Waals surface area contributed by atoms with Crippen molar-refractivity contribution in [2.45, 2.75) is 32.9 Å². The number of primary amides is 1. The van der Waals surface area contributed by atoms with Crippen molar-refractivity contribution in [1.29, 1.82) is 0 Å². The van der Waals surface area contributed by atoms with Crippen molar-refractivity contribution >= 4 is 11.8 Å². The molecule has 126 valence electrons. The Balaban J connectivity index is 2.18. The monoisotopic (exact) mass is 321 g/mol. The molecule has 0 bridgehead atoms. The van der Waals surface area contributed by atoms with E-state index in [9.17, 15) is 14.0 Å². The van der Waals surface area contributed by atoms with E-state index < -0.39 is 0 Å². The standard InChI is InChI=1S/C17H24FN3O2/c1-12(2)15-10-20(11-16(19)22)8-7-17(23)21(15)9-13-3-5-14(18)6-4-13/h3-6,12,15H,7-11H2,1-2H3,(H2,19,22)/t15-/m1/s1. The van der Waals surface area contributed by atoms with Gasteiger partial charge in [-0.05, 0) is 23.6 Å². The maximum Gasteiger partial charge on any atom is 0.231 e. The highest BCUT2D eigenvalue weighted by Gasteiger charge is 2.31. The summed E-state index contributed by atoms with van der Waals surface area (Å²) in [6.07, 6.45) is 0.359. The Bertz CT molecular complexity index is 559. The van der Waals surface area contributed by atoms with E-state index in [2.05, 4.69) is 13.8 Å². The topological polar surface area (TPSA) is 66.6 Å². The maximum absolute atomic E-state index is 13.1. The average Bonchev–Trinajstić information content (AvgIpc) is 2.62. The normalized spacial score (nSPS) is 19.9. The van der Waals surface area contributed by atoms with Crippen molar-refractivity contribution in [2.75, 3.05) is 19.6 Å². The maximum atomic E-state index is 13.1. The summed E-state index contributed by atoms with van der Waals surface area (Å²) in [6.45, 7) is 5.89. The molecule has 0 unspecified atom stereocenters. The highest BCUT2D eigenvalue weighted by Crippen LogP contribution is 2.21. The van der Waals surface area contributed by atoms with Gasteiger partial charge in [0.25, 0.3) is 0 Å². The number of nitrogens with zero attached hydrogens (tertiary/aromatic N) is 2. The number of amides is 2. The summed E-state index contributed by atoms with van der Waals surface area (Å²) in [6, 6.07) is 6.20. The quantitative estimate of drug-likeness (QED) is 0.891. The van der Waals surface area contributed by atoms with Gasteiger partial charge in [-0.1, -0.05) is 26.0 Å². The molecular formula is C17H24FN3O2.